The van der Waals surface area contributed by atoms with Crippen LogP contribution in [-0.4, -0.2) is 34.8 Å². The first-order chi connectivity index (χ1) is 10.8. The molecule has 2 aromatic carbocycles. The normalized spacial score (nSPS) is 18.5. The second-order valence-electron chi connectivity index (χ2n) is 5.12. The number of morpholine rings is 1. The lowest BCUT2D eigenvalue weighted by Crippen LogP contribution is -2.40. The molecule has 0 amide bonds. The Hall–Kier alpha value is -1.69. The van der Waals surface area contributed by atoms with E-state index in [-0.39, 0.29) is 0 Å². The minimum absolute atomic E-state index is 0.450. The van der Waals surface area contributed by atoms with Crippen LogP contribution in [0.15, 0.2) is 69.9 Å². The molecule has 1 fully saturated rings. The number of benzene rings is 2. The van der Waals surface area contributed by atoms with E-state index in [2.05, 4.69) is 4.36 Å². The fourth-order valence-electron chi connectivity index (χ4n) is 2.44. The summed E-state index contributed by atoms with van der Waals surface area (Å²) in [5.74, 6) is 0. The van der Waals surface area contributed by atoms with Crippen LogP contribution in [0.1, 0.15) is 5.56 Å². The maximum absolute atomic E-state index is 13.6. The molecule has 0 radical (unpaired) electrons. The van der Waals surface area contributed by atoms with E-state index < -0.39 is 9.92 Å². The van der Waals surface area contributed by atoms with E-state index in [4.69, 9.17) is 4.74 Å². The van der Waals surface area contributed by atoms with E-state index in [1.807, 2.05) is 65.0 Å². The standard InChI is InChI=1S/C17H20N2O2S/c20-22(17-9-5-2-6-10-17,19-11-13-21-14-12-19)18-15-16-7-3-1-4-8-16/h1-10H,11-15H2. The third kappa shape index (κ3) is 3.38. The molecule has 1 atom stereocenters. The van der Waals surface area contributed by atoms with Crippen molar-refractivity contribution in [2.45, 2.75) is 11.4 Å². The van der Waals surface area contributed by atoms with Crippen molar-refractivity contribution in [3.05, 3.63) is 66.2 Å². The van der Waals surface area contributed by atoms with E-state index >= 15 is 0 Å². The average Bonchev–Trinajstić information content (AvgIpc) is 2.62. The number of ether oxygens (including phenoxy) is 1. The lowest BCUT2D eigenvalue weighted by molar-refractivity contribution is 0.0744. The molecule has 1 aliphatic rings. The van der Waals surface area contributed by atoms with Crippen LogP contribution in [0.5, 0.6) is 0 Å². The molecule has 4 nitrogen and oxygen atoms in total. The highest BCUT2D eigenvalue weighted by atomic mass is 32.2. The van der Waals surface area contributed by atoms with Crippen molar-refractivity contribution in [2.24, 2.45) is 4.36 Å². The van der Waals surface area contributed by atoms with Crippen LogP contribution in [0.2, 0.25) is 0 Å². The summed E-state index contributed by atoms with van der Waals surface area (Å²) in [5.41, 5.74) is 1.07. The first kappa shape index (κ1) is 15.2. The molecule has 1 heterocycles. The number of hydrogen-bond donors (Lipinski definition) is 0. The summed E-state index contributed by atoms with van der Waals surface area (Å²) in [6.07, 6.45) is 0. The van der Waals surface area contributed by atoms with Crippen LogP contribution in [-0.2, 0) is 21.2 Å². The molecule has 1 saturated heterocycles. The quantitative estimate of drug-likeness (QED) is 0.870. The Bertz CT molecular complexity index is 704. The Labute approximate surface area is 132 Å². The zero-order valence-corrected chi connectivity index (χ0v) is 13.2. The third-order valence-corrected chi connectivity index (χ3v) is 6.07. The Morgan fingerprint density at radius 3 is 2.18 bits per heavy atom. The Morgan fingerprint density at radius 1 is 0.955 bits per heavy atom. The van der Waals surface area contributed by atoms with Crippen molar-refractivity contribution in [1.82, 2.24) is 4.31 Å². The molecule has 0 aromatic heterocycles. The van der Waals surface area contributed by atoms with Crippen LogP contribution in [0.4, 0.5) is 0 Å². The van der Waals surface area contributed by atoms with Gasteiger partial charge in [0, 0.05) is 13.1 Å². The monoisotopic (exact) mass is 316 g/mol. The van der Waals surface area contributed by atoms with Crippen molar-refractivity contribution >= 4 is 9.92 Å². The van der Waals surface area contributed by atoms with E-state index in [1.165, 1.54) is 0 Å². The summed E-state index contributed by atoms with van der Waals surface area (Å²) in [5, 5.41) is 0. The van der Waals surface area contributed by atoms with Gasteiger partial charge in [0.05, 0.1) is 24.7 Å². The van der Waals surface area contributed by atoms with Gasteiger partial charge in [-0.15, -0.1) is 0 Å². The van der Waals surface area contributed by atoms with Gasteiger partial charge in [-0.2, -0.15) is 0 Å². The zero-order chi connectivity index (χ0) is 15.3. The van der Waals surface area contributed by atoms with Crippen LogP contribution in [0.3, 0.4) is 0 Å². The zero-order valence-electron chi connectivity index (χ0n) is 12.4. The highest BCUT2D eigenvalue weighted by Crippen LogP contribution is 2.20. The Kier molecular flexibility index (Phi) is 4.87. The number of hydrogen-bond acceptors (Lipinski definition) is 3. The van der Waals surface area contributed by atoms with E-state index in [1.54, 1.807) is 0 Å². The van der Waals surface area contributed by atoms with Crippen LogP contribution >= 0.6 is 0 Å². The SMILES string of the molecule is O=S(=NCc1ccccc1)(c1ccccc1)N1CCOCC1. The van der Waals surface area contributed by atoms with E-state index in [0.717, 1.165) is 10.5 Å². The van der Waals surface area contributed by atoms with Crippen LogP contribution < -0.4 is 0 Å². The van der Waals surface area contributed by atoms with Gasteiger partial charge >= 0.3 is 0 Å². The summed E-state index contributed by atoms with van der Waals surface area (Å²) >= 11 is 0. The van der Waals surface area contributed by atoms with Gasteiger partial charge in [0.2, 0.25) is 0 Å². The van der Waals surface area contributed by atoms with Crippen molar-refractivity contribution in [1.29, 1.82) is 0 Å². The van der Waals surface area contributed by atoms with Crippen LogP contribution in [0.25, 0.3) is 0 Å². The largest absolute Gasteiger partial charge is 0.379 e. The molecule has 5 heteroatoms. The van der Waals surface area contributed by atoms with Gasteiger partial charge in [0.25, 0.3) is 0 Å². The molecule has 0 bridgehead atoms. The summed E-state index contributed by atoms with van der Waals surface area (Å²) in [4.78, 5) is 0.771. The van der Waals surface area contributed by atoms with Gasteiger partial charge in [-0.3, -0.25) is 0 Å². The summed E-state index contributed by atoms with van der Waals surface area (Å²) in [6.45, 7) is 2.94. The molecule has 0 saturated carbocycles. The first-order valence-corrected chi connectivity index (χ1v) is 8.91. The molecular formula is C17H20N2O2S. The molecule has 0 spiro atoms. The maximum Gasteiger partial charge on any atom is 0.140 e. The molecule has 0 aliphatic carbocycles. The predicted molar refractivity (Wildman–Crippen MR) is 87.8 cm³/mol. The Balaban J connectivity index is 1.97. The molecule has 1 unspecified atom stereocenters. The van der Waals surface area contributed by atoms with Gasteiger partial charge < -0.3 is 4.74 Å². The number of nitrogens with zero attached hydrogens (tertiary/aromatic N) is 2. The maximum atomic E-state index is 13.6. The summed E-state index contributed by atoms with van der Waals surface area (Å²) < 4.78 is 25.6. The van der Waals surface area contributed by atoms with Gasteiger partial charge in [0.15, 0.2) is 0 Å². The highest BCUT2D eigenvalue weighted by Gasteiger charge is 2.24. The molecule has 3 rings (SSSR count). The Morgan fingerprint density at radius 2 is 1.55 bits per heavy atom. The van der Waals surface area contributed by atoms with Crippen molar-refractivity contribution in [3.8, 4) is 0 Å². The molecular weight excluding hydrogens is 296 g/mol. The smallest absolute Gasteiger partial charge is 0.140 e. The van der Waals surface area contributed by atoms with E-state index in [0.29, 0.717) is 32.8 Å². The second kappa shape index (κ2) is 7.05. The molecule has 0 N–H and O–H groups in total. The highest BCUT2D eigenvalue weighted by molar-refractivity contribution is 7.91. The lowest BCUT2D eigenvalue weighted by Gasteiger charge is -2.29. The minimum Gasteiger partial charge on any atom is -0.379 e. The topological polar surface area (TPSA) is 41.9 Å². The molecule has 116 valence electrons. The third-order valence-electron chi connectivity index (χ3n) is 3.64. The summed E-state index contributed by atoms with van der Waals surface area (Å²) in [6, 6.07) is 19.5. The van der Waals surface area contributed by atoms with Crippen molar-refractivity contribution < 1.29 is 8.95 Å². The molecule has 2 aromatic rings. The lowest BCUT2D eigenvalue weighted by atomic mass is 10.2. The van der Waals surface area contributed by atoms with Gasteiger partial charge in [-0.25, -0.2) is 12.9 Å². The molecule has 1 aliphatic heterocycles. The van der Waals surface area contributed by atoms with Crippen molar-refractivity contribution in [3.63, 3.8) is 0 Å². The van der Waals surface area contributed by atoms with Gasteiger partial charge in [-0.05, 0) is 17.7 Å². The van der Waals surface area contributed by atoms with Crippen LogP contribution in [0, 0.1) is 0 Å². The number of rotatable bonds is 4. The van der Waals surface area contributed by atoms with E-state index in [9.17, 15) is 4.21 Å². The predicted octanol–water partition coefficient (Wildman–Crippen LogP) is 2.96. The first-order valence-electron chi connectivity index (χ1n) is 7.44. The molecule has 22 heavy (non-hydrogen) atoms. The minimum atomic E-state index is -2.59. The van der Waals surface area contributed by atoms with Gasteiger partial charge in [-0.1, -0.05) is 48.5 Å². The average molecular weight is 316 g/mol. The van der Waals surface area contributed by atoms with Gasteiger partial charge in [0.1, 0.15) is 9.92 Å². The fourth-order valence-corrected chi connectivity index (χ4v) is 4.53. The fraction of sp³-hybridized carbons (Fsp3) is 0.294. The second-order valence-corrected chi connectivity index (χ2v) is 7.36. The summed E-state index contributed by atoms with van der Waals surface area (Å²) in [7, 11) is -2.59. The van der Waals surface area contributed by atoms with Crippen molar-refractivity contribution in [2.75, 3.05) is 26.3 Å².